The van der Waals surface area contributed by atoms with Crippen molar-refractivity contribution in [2.75, 3.05) is 5.73 Å². The zero-order valence-corrected chi connectivity index (χ0v) is 6.02. The number of nitrogen functional groups attached to an aromatic ring is 1. The molecule has 0 saturated heterocycles. The van der Waals surface area contributed by atoms with E-state index in [0.29, 0.717) is 11.5 Å². The highest BCUT2D eigenvalue weighted by Crippen LogP contribution is 2.06. The third-order valence-corrected chi connectivity index (χ3v) is 1.50. The molecule has 2 rings (SSSR count). The van der Waals surface area contributed by atoms with Gasteiger partial charge in [0.25, 0.3) is 0 Å². The minimum Gasteiger partial charge on any atom is -0.381 e. The van der Waals surface area contributed by atoms with Crippen molar-refractivity contribution in [1.82, 2.24) is 19.6 Å². The van der Waals surface area contributed by atoms with Gasteiger partial charge in [0.1, 0.15) is 6.33 Å². The molecule has 11 heavy (non-hydrogen) atoms. The predicted molar refractivity (Wildman–Crippen MR) is 39.9 cm³/mol. The molecule has 2 aromatic rings. The van der Waals surface area contributed by atoms with Gasteiger partial charge >= 0.3 is 0 Å². The number of hydrogen-bond donors (Lipinski definition) is 1. The summed E-state index contributed by atoms with van der Waals surface area (Å²) in [7, 11) is 0. The highest BCUT2D eigenvalue weighted by Gasteiger charge is 2.02. The quantitative estimate of drug-likeness (QED) is 0.573. The van der Waals surface area contributed by atoms with Crippen molar-refractivity contribution in [2.24, 2.45) is 0 Å². The lowest BCUT2D eigenvalue weighted by molar-refractivity contribution is 0.872. The molecule has 56 valence electrons. The number of nitrogens with zero attached hydrogens (tertiary/aromatic N) is 4. The van der Waals surface area contributed by atoms with Crippen LogP contribution in [0.2, 0.25) is 0 Å². The van der Waals surface area contributed by atoms with Crippen LogP contribution < -0.4 is 5.73 Å². The SMILES string of the molecule is Cc1cnc2c(N)ncnn12. The van der Waals surface area contributed by atoms with E-state index in [-0.39, 0.29) is 0 Å². The molecule has 0 fully saturated rings. The van der Waals surface area contributed by atoms with Gasteiger partial charge in [-0.25, -0.2) is 14.5 Å². The van der Waals surface area contributed by atoms with E-state index in [1.165, 1.54) is 6.33 Å². The average Bonchev–Trinajstić information content (AvgIpc) is 2.35. The van der Waals surface area contributed by atoms with Gasteiger partial charge in [-0.3, -0.25) is 0 Å². The van der Waals surface area contributed by atoms with Crippen LogP contribution >= 0.6 is 0 Å². The Morgan fingerprint density at radius 2 is 2.27 bits per heavy atom. The molecule has 0 aromatic carbocycles. The number of anilines is 1. The maximum Gasteiger partial charge on any atom is 0.196 e. The minimum atomic E-state index is 0.410. The van der Waals surface area contributed by atoms with E-state index in [9.17, 15) is 0 Å². The first-order chi connectivity index (χ1) is 5.29. The molecule has 0 unspecified atom stereocenters. The fourth-order valence-corrected chi connectivity index (χ4v) is 0.949. The number of nitrogens with two attached hydrogens (primary N) is 1. The Hall–Kier alpha value is -1.65. The van der Waals surface area contributed by atoms with E-state index in [4.69, 9.17) is 5.73 Å². The first-order valence-corrected chi connectivity index (χ1v) is 3.20. The summed E-state index contributed by atoms with van der Waals surface area (Å²) in [5, 5.41) is 3.96. The summed E-state index contributed by atoms with van der Waals surface area (Å²) in [6.45, 7) is 1.91. The molecule has 0 atom stereocenters. The van der Waals surface area contributed by atoms with Crippen LogP contribution in [-0.2, 0) is 0 Å². The summed E-state index contributed by atoms with van der Waals surface area (Å²) in [6.07, 6.45) is 3.12. The molecule has 0 saturated carbocycles. The van der Waals surface area contributed by atoms with Gasteiger partial charge in [-0.2, -0.15) is 5.10 Å². The van der Waals surface area contributed by atoms with E-state index in [1.54, 1.807) is 10.7 Å². The number of imidazole rings is 1. The second-order valence-corrected chi connectivity index (χ2v) is 2.28. The molecule has 2 heterocycles. The van der Waals surface area contributed by atoms with Crippen LogP contribution in [-0.4, -0.2) is 19.6 Å². The van der Waals surface area contributed by atoms with Crippen LogP contribution in [0.1, 0.15) is 5.69 Å². The van der Waals surface area contributed by atoms with E-state index in [0.717, 1.165) is 5.69 Å². The maximum absolute atomic E-state index is 5.54. The third-order valence-electron chi connectivity index (χ3n) is 1.50. The second-order valence-electron chi connectivity index (χ2n) is 2.28. The molecule has 0 bridgehead atoms. The standard InChI is InChI=1S/C6H7N5/c1-4-2-8-6-5(7)9-3-10-11(4)6/h2-3H,1H3,(H2,7,9,10). The molecular weight excluding hydrogens is 142 g/mol. The Labute approximate surface area is 62.9 Å². The highest BCUT2D eigenvalue weighted by atomic mass is 15.3. The van der Waals surface area contributed by atoms with Gasteiger partial charge in [-0.05, 0) is 6.92 Å². The van der Waals surface area contributed by atoms with Crippen molar-refractivity contribution in [2.45, 2.75) is 6.92 Å². The molecule has 2 aromatic heterocycles. The first-order valence-electron chi connectivity index (χ1n) is 3.20. The Morgan fingerprint density at radius 3 is 3.00 bits per heavy atom. The van der Waals surface area contributed by atoms with E-state index in [2.05, 4.69) is 15.1 Å². The number of rotatable bonds is 0. The molecule has 0 aliphatic rings. The van der Waals surface area contributed by atoms with Crippen LogP contribution in [0.25, 0.3) is 5.65 Å². The summed E-state index contributed by atoms with van der Waals surface area (Å²) >= 11 is 0. The van der Waals surface area contributed by atoms with Gasteiger partial charge in [-0.1, -0.05) is 0 Å². The molecule has 5 nitrogen and oxygen atoms in total. The van der Waals surface area contributed by atoms with Gasteiger partial charge in [0.2, 0.25) is 0 Å². The summed E-state index contributed by atoms with van der Waals surface area (Å²) in [5.74, 6) is 0.410. The summed E-state index contributed by atoms with van der Waals surface area (Å²) in [6, 6.07) is 0. The van der Waals surface area contributed by atoms with Crippen LogP contribution in [0.4, 0.5) is 5.82 Å². The van der Waals surface area contributed by atoms with Gasteiger partial charge in [-0.15, -0.1) is 0 Å². The lowest BCUT2D eigenvalue weighted by Crippen LogP contribution is -1.99. The van der Waals surface area contributed by atoms with Gasteiger partial charge < -0.3 is 5.73 Å². The van der Waals surface area contributed by atoms with Gasteiger partial charge in [0.15, 0.2) is 11.5 Å². The third kappa shape index (κ3) is 0.739. The molecule has 0 aliphatic carbocycles. The van der Waals surface area contributed by atoms with Crippen LogP contribution in [0.15, 0.2) is 12.5 Å². The maximum atomic E-state index is 5.54. The molecule has 0 amide bonds. The van der Waals surface area contributed by atoms with E-state index < -0.39 is 0 Å². The normalized spacial score (nSPS) is 10.6. The molecule has 2 N–H and O–H groups in total. The van der Waals surface area contributed by atoms with Crippen molar-refractivity contribution >= 4 is 11.5 Å². The summed E-state index contributed by atoms with van der Waals surface area (Å²) in [4.78, 5) is 7.83. The van der Waals surface area contributed by atoms with Crippen molar-refractivity contribution in [3.63, 3.8) is 0 Å². The second kappa shape index (κ2) is 1.91. The number of fused-ring (bicyclic) bond motifs is 1. The van der Waals surface area contributed by atoms with Crippen LogP contribution in [0.5, 0.6) is 0 Å². The first kappa shape index (κ1) is 6.09. The van der Waals surface area contributed by atoms with Gasteiger partial charge in [0.05, 0.1) is 11.9 Å². The van der Waals surface area contributed by atoms with Gasteiger partial charge in [0, 0.05) is 0 Å². The topological polar surface area (TPSA) is 69.1 Å². The monoisotopic (exact) mass is 149 g/mol. The van der Waals surface area contributed by atoms with Crippen molar-refractivity contribution in [3.05, 3.63) is 18.2 Å². The number of aryl methyl sites for hydroxylation is 1. The number of aromatic nitrogens is 4. The average molecular weight is 149 g/mol. The van der Waals surface area contributed by atoms with E-state index in [1.807, 2.05) is 6.92 Å². The smallest absolute Gasteiger partial charge is 0.196 e. The number of hydrogen-bond acceptors (Lipinski definition) is 4. The Morgan fingerprint density at radius 1 is 1.45 bits per heavy atom. The molecule has 0 spiro atoms. The van der Waals surface area contributed by atoms with Crippen molar-refractivity contribution < 1.29 is 0 Å². The van der Waals surface area contributed by atoms with Crippen LogP contribution in [0, 0.1) is 6.92 Å². The Bertz CT molecular complexity index is 391. The highest BCUT2D eigenvalue weighted by molar-refractivity contribution is 5.58. The fourth-order valence-electron chi connectivity index (χ4n) is 0.949. The Balaban J connectivity index is 2.94. The summed E-state index contributed by atoms with van der Waals surface area (Å²) < 4.78 is 1.66. The molecule has 0 aliphatic heterocycles. The zero-order valence-electron chi connectivity index (χ0n) is 6.02. The fraction of sp³-hybridized carbons (Fsp3) is 0.167. The largest absolute Gasteiger partial charge is 0.381 e. The molecule has 5 heteroatoms. The summed E-state index contributed by atoms with van der Waals surface area (Å²) in [5.41, 5.74) is 7.10. The zero-order chi connectivity index (χ0) is 7.84. The lowest BCUT2D eigenvalue weighted by atomic mass is 10.6. The predicted octanol–water partition coefficient (Wildman–Crippen LogP) is 0.0149. The lowest BCUT2D eigenvalue weighted by Gasteiger charge is -1.94. The minimum absolute atomic E-state index is 0.410. The molecular formula is C6H7N5. The van der Waals surface area contributed by atoms with Crippen molar-refractivity contribution in [3.8, 4) is 0 Å². The van der Waals surface area contributed by atoms with Crippen LogP contribution in [0.3, 0.4) is 0 Å². The van der Waals surface area contributed by atoms with E-state index >= 15 is 0 Å². The molecule has 0 radical (unpaired) electrons. The Kier molecular flexibility index (Phi) is 1.06. The van der Waals surface area contributed by atoms with Crippen molar-refractivity contribution in [1.29, 1.82) is 0 Å².